The van der Waals surface area contributed by atoms with Crippen molar-refractivity contribution in [2.75, 3.05) is 7.11 Å². The summed E-state index contributed by atoms with van der Waals surface area (Å²) >= 11 is 0. The average Bonchev–Trinajstić information content (AvgIpc) is 2.47. The van der Waals surface area contributed by atoms with Gasteiger partial charge in [-0.1, -0.05) is 29.8 Å². The van der Waals surface area contributed by atoms with Gasteiger partial charge in [-0.15, -0.1) is 0 Å². The fourth-order valence-electron chi connectivity index (χ4n) is 2.19. The number of halogens is 1. The predicted octanol–water partition coefficient (Wildman–Crippen LogP) is 3.63. The largest absolute Gasteiger partial charge is 0.496 e. The molecule has 21 heavy (non-hydrogen) atoms. The summed E-state index contributed by atoms with van der Waals surface area (Å²) in [6, 6.07) is 11.4. The highest BCUT2D eigenvalue weighted by Crippen LogP contribution is 2.26. The number of ether oxygens (including phenoxy) is 1. The Bertz CT molecular complexity index is 655. The molecule has 0 aromatic heterocycles. The maximum Gasteiger partial charge on any atom is 0.254 e. The van der Waals surface area contributed by atoms with Crippen LogP contribution in [0.25, 0.3) is 0 Å². The summed E-state index contributed by atoms with van der Waals surface area (Å²) in [5, 5.41) is 2.80. The van der Waals surface area contributed by atoms with Gasteiger partial charge in [-0.25, -0.2) is 4.39 Å². The molecule has 0 unspecified atom stereocenters. The zero-order valence-electron chi connectivity index (χ0n) is 12.3. The van der Waals surface area contributed by atoms with Gasteiger partial charge >= 0.3 is 0 Å². The summed E-state index contributed by atoms with van der Waals surface area (Å²) in [6.45, 7) is 3.81. The molecule has 0 bridgehead atoms. The van der Waals surface area contributed by atoms with E-state index >= 15 is 0 Å². The first-order chi connectivity index (χ1) is 10.0. The molecule has 0 fully saturated rings. The normalized spacial score (nSPS) is 11.8. The van der Waals surface area contributed by atoms with Gasteiger partial charge in [0, 0.05) is 5.56 Å². The lowest BCUT2D eigenvalue weighted by molar-refractivity contribution is 0.0935. The van der Waals surface area contributed by atoms with Crippen molar-refractivity contribution in [2.45, 2.75) is 19.9 Å². The topological polar surface area (TPSA) is 38.3 Å². The monoisotopic (exact) mass is 287 g/mol. The summed E-state index contributed by atoms with van der Waals surface area (Å²) in [5.74, 6) is -0.274. The molecule has 2 aromatic carbocycles. The smallest absolute Gasteiger partial charge is 0.254 e. The van der Waals surface area contributed by atoms with E-state index in [2.05, 4.69) is 5.32 Å². The van der Waals surface area contributed by atoms with Crippen LogP contribution in [0, 0.1) is 12.7 Å². The van der Waals surface area contributed by atoms with Crippen molar-refractivity contribution in [1.82, 2.24) is 5.32 Å². The number of nitrogens with one attached hydrogen (secondary N) is 1. The summed E-state index contributed by atoms with van der Waals surface area (Å²) in [5.41, 5.74) is 1.97. The van der Waals surface area contributed by atoms with Crippen molar-refractivity contribution < 1.29 is 13.9 Å². The third kappa shape index (κ3) is 3.40. The maximum absolute atomic E-state index is 13.6. The van der Waals surface area contributed by atoms with Gasteiger partial charge in [-0.2, -0.15) is 0 Å². The molecule has 4 heteroatoms. The molecule has 0 saturated heterocycles. The van der Waals surface area contributed by atoms with Crippen LogP contribution in [0.15, 0.2) is 42.5 Å². The van der Waals surface area contributed by atoms with Gasteiger partial charge in [0.2, 0.25) is 0 Å². The Morgan fingerprint density at radius 1 is 1.24 bits per heavy atom. The van der Waals surface area contributed by atoms with Gasteiger partial charge in [0.1, 0.15) is 11.6 Å². The minimum absolute atomic E-state index is 0.0379. The van der Waals surface area contributed by atoms with Crippen LogP contribution >= 0.6 is 0 Å². The lowest BCUT2D eigenvalue weighted by Crippen LogP contribution is -2.27. The molecule has 0 spiro atoms. The number of rotatable bonds is 4. The first-order valence-corrected chi connectivity index (χ1v) is 6.73. The highest BCUT2D eigenvalue weighted by atomic mass is 19.1. The summed E-state index contributed by atoms with van der Waals surface area (Å²) in [7, 11) is 1.58. The van der Waals surface area contributed by atoms with Crippen LogP contribution in [-0.4, -0.2) is 13.0 Å². The molecule has 0 saturated carbocycles. The van der Waals surface area contributed by atoms with Crippen molar-refractivity contribution in [3.05, 3.63) is 65.0 Å². The zero-order chi connectivity index (χ0) is 15.4. The molecule has 0 heterocycles. The van der Waals surface area contributed by atoms with E-state index in [1.807, 2.05) is 32.0 Å². The summed E-state index contributed by atoms with van der Waals surface area (Å²) in [4.78, 5) is 12.1. The van der Waals surface area contributed by atoms with E-state index in [9.17, 15) is 9.18 Å². The van der Waals surface area contributed by atoms with E-state index in [-0.39, 0.29) is 11.6 Å². The molecule has 0 aliphatic heterocycles. The van der Waals surface area contributed by atoms with Crippen LogP contribution in [0.5, 0.6) is 5.75 Å². The number of carbonyl (C=O) groups excluding carboxylic acids is 1. The average molecular weight is 287 g/mol. The summed E-state index contributed by atoms with van der Waals surface area (Å²) < 4.78 is 18.9. The van der Waals surface area contributed by atoms with E-state index in [1.54, 1.807) is 19.2 Å². The van der Waals surface area contributed by atoms with Crippen LogP contribution in [0.3, 0.4) is 0 Å². The molecule has 1 N–H and O–H groups in total. The van der Waals surface area contributed by atoms with Crippen LogP contribution in [-0.2, 0) is 0 Å². The van der Waals surface area contributed by atoms with E-state index < -0.39 is 11.7 Å². The Hall–Kier alpha value is -2.36. The molecule has 110 valence electrons. The lowest BCUT2D eigenvalue weighted by atomic mass is 10.0. The molecule has 2 aromatic rings. The molecular formula is C17H18FNO2. The second-order valence-corrected chi connectivity index (χ2v) is 4.92. The van der Waals surface area contributed by atoms with E-state index in [0.29, 0.717) is 5.75 Å². The number of amides is 1. The second kappa shape index (κ2) is 6.39. The van der Waals surface area contributed by atoms with Crippen molar-refractivity contribution in [1.29, 1.82) is 0 Å². The second-order valence-electron chi connectivity index (χ2n) is 4.92. The highest BCUT2D eigenvalue weighted by Gasteiger charge is 2.17. The molecule has 1 amide bonds. The Balaban J connectivity index is 2.22. The van der Waals surface area contributed by atoms with E-state index in [0.717, 1.165) is 11.1 Å². The van der Waals surface area contributed by atoms with Crippen molar-refractivity contribution in [3.63, 3.8) is 0 Å². The van der Waals surface area contributed by atoms with E-state index in [4.69, 9.17) is 4.74 Å². The van der Waals surface area contributed by atoms with Gasteiger partial charge in [-0.05, 0) is 32.0 Å². The van der Waals surface area contributed by atoms with Crippen molar-refractivity contribution >= 4 is 5.91 Å². The molecule has 2 rings (SSSR count). The van der Waals surface area contributed by atoms with E-state index in [1.165, 1.54) is 12.1 Å². The van der Waals surface area contributed by atoms with Crippen molar-refractivity contribution in [3.8, 4) is 5.75 Å². The van der Waals surface area contributed by atoms with Gasteiger partial charge in [-0.3, -0.25) is 4.79 Å². The first kappa shape index (κ1) is 15.0. The van der Waals surface area contributed by atoms with Gasteiger partial charge < -0.3 is 10.1 Å². The Labute approximate surface area is 123 Å². The number of hydrogen-bond acceptors (Lipinski definition) is 2. The SMILES string of the molecule is COc1ccc(C)cc1[C@@H](C)NC(=O)c1ccccc1F. The molecule has 0 radical (unpaired) electrons. The number of hydrogen-bond donors (Lipinski definition) is 1. The Morgan fingerprint density at radius 2 is 1.95 bits per heavy atom. The quantitative estimate of drug-likeness (QED) is 0.932. The molecular weight excluding hydrogens is 269 g/mol. The molecule has 1 atom stereocenters. The minimum Gasteiger partial charge on any atom is -0.496 e. The van der Waals surface area contributed by atoms with Gasteiger partial charge in [0.05, 0.1) is 18.7 Å². The van der Waals surface area contributed by atoms with Gasteiger partial charge in [0.15, 0.2) is 0 Å². The first-order valence-electron chi connectivity index (χ1n) is 6.73. The fourth-order valence-corrected chi connectivity index (χ4v) is 2.19. The number of benzene rings is 2. The minimum atomic E-state index is -0.529. The lowest BCUT2D eigenvalue weighted by Gasteiger charge is -2.18. The third-order valence-electron chi connectivity index (χ3n) is 3.32. The summed E-state index contributed by atoms with van der Waals surface area (Å²) in [6.07, 6.45) is 0. The molecule has 3 nitrogen and oxygen atoms in total. The zero-order valence-corrected chi connectivity index (χ0v) is 12.3. The van der Waals surface area contributed by atoms with Crippen LogP contribution in [0.2, 0.25) is 0 Å². The Kier molecular flexibility index (Phi) is 4.58. The number of aryl methyl sites for hydroxylation is 1. The predicted molar refractivity (Wildman–Crippen MR) is 80.0 cm³/mol. The maximum atomic E-state index is 13.6. The molecule has 0 aliphatic carbocycles. The third-order valence-corrected chi connectivity index (χ3v) is 3.32. The highest BCUT2D eigenvalue weighted by molar-refractivity contribution is 5.94. The van der Waals surface area contributed by atoms with Gasteiger partial charge in [0.25, 0.3) is 5.91 Å². The Morgan fingerprint density at radius 3 is 2.62 bits per heavy atom. The molecule has 0 aliphatic rings. The number of carbonyl (C=O) groups is 1. The van der Waals surface area contributed by atoms with Crippen LogP contribution in [0.1, 0.15) is 34.5 Å². The van der Waals surface area contributed by atoms with Crippen LogP contribution < -0.4 is 10.1 Å². The standard InChI is InChI=1S/C17H18FNO2/c1-11-8-9-16(21-3)14(10-11)12(2)19-17(20)13-6-4-5-7-15(13)18/h4-10,12H,1-3H3,(H,19,20)/t12-/m1/s1. The van der Waals surface area contributed by atoms with Crippen LogP contribution in [0.4, 0.5) is 4.39 Å². The fraction of sp³-hybridized carbons (Fsp3) is 0.235. The number of methoxy groups -OCH3 is 1. The van der Waals surface area contributed by atoms with Crippen molar-refractivity contribution in [2.24, 2.45) is 0 Å².